The van der Waals surface area contributed by atoms with E-state index in [1.807, 2.05) is 12.1 Å². The Hall–Kier alpha value is -3.38. The zero-order valence-electron chi connectivity index (χ0n) is 17.8. The van der Waals surface area contributed by atoms with E-state index < -0.39 is 0 Å². The van der Waals surface area contributed by atoms with E-state index in [2.05, 4.69) is 69.4 Å². The van der Waals surface area contributed by atoms with Crippen molar-refractivity contribution >= 4 is 16.9 Å². The molecule has 4 aromatic rings. The lowest BCUT2D eigenvalue weighted by molar-refractivity contribution is 0.0904. The van der Waals surface area contributed by atoms with Crippen LogP contribution in [-0.2, 0) is 4.74 Å². The number of aryl methyl sites for hydroxylation is 1. The van der Waals surface area contributed by atoms with E-state index in [1.165, 1.54) is 5.56 Å². The SMILES string of the molecule is COc1ccc(-c2cn(-c3cccc(C)c3)c3ncnc(NC4CCOCC4)c23)cc1. The van der Waals surface area contributed by atoms with Crippen molar-refractivity contribution in [3.05, 3.63) is 66.6 Å². The number of anilines is 1. The maximum Gasteiger partial charge on any atom is 0.150 e. The Labute approximate surface area is 181 Å². The minimum absolute atomic E-state index is 0.345. The molecule has 5 rings (SSSR count). The molecule has 0 spiro atoms. The van der Waals surface area contributed by atoms with Gasteiger partial charge in [-0.05, 0) is 55.2 Å². The third kappa shape index (κ3) is 3.86. The second-order valence-electron chi connectivity index (χ2n) is 7.93. The summed E-state index contributed by atoms with van der Waals surface area (Å²) in [7, 11) is 1.68. The van der Waals surface area contributed by atoms with Crippen molar-refractivity contribution in [2.24, 2.45) is 0 Å². The Kier molecular flexibility index (Phi) is 5.30. The molecule has 1 fully saturated rings. The Morgan fingerprint density at radius 2 is 1.87 bits per heavy atom. The largest absolute Gasteiger partial charge is 0.497 e. The molecule has 0 bridgehead atoms. The average Bonchev–Trinajstić information content (AvgIpc) is 3.21. The predicted octanol–water partition coefficient (Wildman–Crippen LogP) is 5.00. The number of methoxy groups -OCH3 is 1. The quantitative estimate of drug-likeness (QED) is 0.498. The van der Waals surface area contributed by atoms with E-state index in [-0.39, 0.29) is 0 Å². The first kappa shape index (κ1) is 19.6. The summed E-state index contributed by atoms with van der Waals surface area (Å²) in [4.78, 5) is 9.33. The molecule has 1 saturated heterocycles. The zero-order chi connectivity index (χ0) is 21.2. The van der Waals surface area contributed by atoms with Crippen LogP contribution in [0.15, 0.2) is 61.1 Å². The van der Waals surface area contributed by atoms with Crippen LogP contribution < -0.4 is 10.1 Å². The first-order valence-corrected chi connectivity index (χ1v) is 10.6. The number of ether oxygens (including phenoxy) is 2. The summed E-state index contributed by atoms with van der Waals surface area (Å²) in [5, 5.41) is 4.69. The zero-order valence-corrected chi connectivity index (χ0v) is 17.8. The molecule has 0 aliphatic carbocycles. The van der Waals surface area contributed by atoms with Crippen molar-refractivity contribution < 1.29 is 9.47 Å². The highest BCUT2D eigenvalue weighted by Crippen LogP contribution is 2.36. The Bertz CT molecular complexity index is 1190. The van der Waals surface area contributed by atoms with Gasteiger partial charge in [-0.3, -0.25) is 0 Å². The summed E-state index contributed by atoms with van der Waals surface area (Å²) in [6.45, 7) is 3.66. The first-order valence-electron chi connectivity index (χ1n) is 10.6. The fourth-order valence-corrected chi connectivity index (χ4v) is 4.17. The normalized spacial score (nSPS) is 14.6. The topological polar surface area (TPSA) is 61.2 Å². The van der Waals surface area contributed by atoms with Gasteiger partial charge in [0.15, 0.2) is 5.65 Å². The van der Waals surface area contributed by atoms with Crippen LogP contribution in [0.3, 0.4) is 0 Å². The number of hydrogen-bond acceptors (Lipinski definition) is 5. The van der Waals surface area contributed by atoms with E-state index in [1.54, 1.807) is 13.4 Å². The number of nitrogens with one attached hydrogen (secondary N) is 1. The predicted molar refractivity (Wildman–Crippen MR) is 123 cm³/mol. The Morgan fingerprint density at radius 1 is 1.06 bits per heavy atom. The van der Waals surface area contributed by atoms with Crippen LogP contribution in [0.2, 0.25) is 0 Å². The number of rotatable bonds is 5. The summed E-state index contributed by atoms with van der Waals surface area (Å²) in [5.41, 5.74) is 5.37. The summed E-state index contributed by atoms with van der Waals surface area (Å²) < 4.78 is 13.0. The highest BCUT2D eigenvalue weighted by Gasteiger charge is 2.20. The van der Waals surface area contributed by atoms with Crippen LogP contribution in [-0.4, -0.2) is 40.9 Å². The van der Waals surface area contributed by atoms with Gasteiger partial charge in [0.05, 0.1) is 12.5 Å². The van der Waals surface area contributed by atoms with Crippen LogP contribution in [0.5, 0.6) is 5.75 Å². The van der Waals surface area contributed by atoms with Crippen LogP contribution >= 0.6 is 0 Å². The Morgan fingerprint density at radius 3 is 2.61 bits per heavy atom. The lowest BCUT2D eigenvalue weighted by Gasteiger charge is -2.24. The van der Waals surface area contributed by atoms with Crippen molar-refractivity contribution in [3.63, 3.8) is 0 Å². The van der Waals surface area contributed by atoms with Gasteiger partial charge in [0.25, 0.3) is 0 Å². The Balaban J connectivity index is 1.68. The lowest BCUT2D eigenvalue weighted by atomic mass is 10.0. The number of nitrogens with zero attached hydrogens (tertiary/aromatic N) is 3. The lowest BCUT2D eigenvalue weighted by Crippen LogP contribution is -2.28. The molecule has 2 aromatic heterocycles. The third-order valence-electron chi connectivity index (χ3n) is 5.83. The number of aromatic nitrogens is 3. The van der Waals surface area contributed by atoms with E-state index in [0.717, 1.165) is 65.5 Å². The second-order valence-corrected chi connectivity index (χ2v) is 7.93. The highest BCUT2D eigenvalue weighted by atomic mass is 16.5. The van der Waals surface area contributed by atoms with Crippen LogP contribution in [0.25, 0.3) is 27.8 Å². The van der Waals surface area contributed by atoms with Gasteiger partial charge in [-0.15, -0.1) is 0 Å². The van der Waals surface area contributed by atoms with E-state index in [4.69, 9.17) is 9.47 Å². The molecule has 0 atom stereocenters. The monoisotopic (exact) mass is 414 g/mol. The van der Waals surface area contributed by atoms with Gasteiger partial charge in [-0.1, -0.05) is 24.3 Å². The molecule has 0 saturated carbocycles. The molecule has 1 aliphatic heterocycles. The minimum Gasteiger partial charge on any atom is -0.497 e. The van der Waals surface area contributed by atoms with Gasteiger partial charge in [0, 0.05) is 36.7 Å². The maximum absolute atomic E-state index is 5.52. The van der Waals surface area contributed by atoms with Crippen molar-refractivity contribution in [1.82, 2.24) is 14.5 Å². The number of hydrogen-bond donors (Lipinski definition) is 1. The van der Waals surface area contributed by atoms with Crippen LogP contribution in [0.1, 0.15) is 18.4 Å². The van der Waals surface area contributed by atoms with Gasteiger partial charge in [-0.2, -0.15) is 0 Å². The fourth-order valence-electron chi connectivity index (χ4n) is 4.17. The van der Waals surface area contributed by atoms with E-state index in [9.17, 15) is 0 Å². The molecular formula is C25H26N4O2. The van der Waals surface area contributed by atoms with Gasteiger partial charge >= 0.3 is 0 Å². The van der Waals surface area contributed by atoms with Crippen molar-refractivity contribution in [1.29, 1.82) is 0 Å². The van der Waals surface area contributed by atoms with E-state index in [0.29, 0.717) is 6.04 Å². The van der Waals surface area contributed by atoms with Crippen LogP contribution in [0, 0.1) is 6.92 Å². The standard InChI is InChI=1S/C25H26N4O2/c1-17-4-3-5-20(14-17)29-15-22(18-6-8-21(30-2)9-7-18)23-24(26-16-27-25(23)29)28-19-10-12-31-13-11-19/h3-9,14-16,19H,10-13H2,1-2H3,(H,26,27,28). The van der Waals surface area contributed by atoms with Gasteiger partial charge in [0.1, 0.15) is 17.9 Å². The molecule has 0 radical (unpaired) electrons. The molecule has 31 heavy (non-hydrogen) atoms. The summed E-state index contributed by atoms with van der Waals surface area (Å²) >= 11 is 0. The number of benzene rings is 2. The molecule has 0 unspecified atom stereocenters. The van der Waals surface area contributed by atoms with E-state index >= 15 is 0 Å². The smallest absolute Gasteiger partial charge is 0.150 e. The molecule has 6 nitrogen and oxygen atoms in total. The summed E-state index contributed by atoms with van der Waals surface area (Å²) in [6, 6.07) is 16.9. The first-order chi connectivity index (χ1) is 15.2. The molecule has 2 aromatic carbocycles. The fraction of sp³-hybridized carbons (Fsp3) is 0.280. The van der Waals surface area contributed by atoms with Gasteiger partial charge < -0.3 is 19.4 Å². The summed E-state index contributed by atoms with van der Waals surface area (Å²) in [5.74, 6) is 1.71. The average molecular weight is 415 g/mol. The maximum atomic E-state index is 5.52. The second kappa shape index (κ2) is 8.40. The minimum atomic E-state index is 0.345. The molecule has 1 N–H and O–H groups in total. The third-order valence-corrected chi connectivity index (χ3v) is 5.83. The molecule has 6 heteroatoms. The van der Waals surface area contributed by atoms with Crippen LogP contribution in [0.4, 0.5) is 5.82 Å². The molecular weight excluding hydrogens is 388 g/mol. The van der Waals surface area contributed by atoms with Gasteiger partial charge in [-0.25, -0.2) is 9.97 Å². The van der Waals surface area contributed by atoms with Crippen molar-refractivity contribution in [2.75, 3.05) is 25.6 Å². The molecule has 0 amide bonds. The van der Waals surface area contributed by atoms with Crippen molar-refractivity contribution in [2.45, 2.75) is 25.8 Å². The number of fused-ring (bicyclic) bond motifs is 1. The molecule has 158 valence electrons. The summed E-state index contributed by atoms with van der Waals surface area (Å²) in [6.07, 6.45) is 5.75. The molecule has 3 heterocycles. The van der Waals surface area contributed by atoms with Crippen molar-refractivity contribution in [3.8, 4) is 22.6 Å². The molecule has 1 aliphatic rings. The highest BCUT2D eigenvalue weighted by molar-refractivity contribution is 6.02. The van der Waals surface area contributed by atoms with Gasteiger partial charge in [0.2, 0.25) is 0 Å².